The summed E-state index contributed by atoms with van der Waals surface area (Å²) >= 11 is 0. The minimum absolute atomic E-state index is 0.154. The van der Waals surface area contributed by atoms with Crippen LogP contribution in [0.25, 0.3) is 11.0 Å². The summed E-state index contributed by atoms with van der Waals surface area (Å²) in [6.45, 7) is 2.54. The van der Waals surface area contributed by atoms with Crippen LogP contribution in [-0.2, 0) is 6.54 Å². The first kappa shape index (κ1) is 20.9. The summed E-state index contributed by atoms with van der Waals surface area (Å²) in [6.07, 6.45) is 1.65. The Hall–Kier alpha value is -4.00. The van der Waals surface area contributed by atoms with Gasteiger partial charge in [0.1, 0.15) is 17.0 Å². The molecule has 1 amide bonds. The molecule has 4 aromatic rings. The molecule has 0 atom stereocenters. The second-order valence-corrected chi connectivity index (χ2v) is 8.11. The molecule has 1 aliphatic heterocycles. The first-order valence-corrected chi connectivity index (χ1v) is 10.9. The van der Waals surface area contributed by atoms with Crippen LogP contribution < -0.4 is 10.5 Å². The van der Waals surface area contributed by atoms with Gasteiger partial charge in [-0.2, -0.15) is 0 Å². The van der Waals surface area contributed by atoms with Crippen LogP contribution >= 0.6 is 0 Å². The maximum atomic E-state index is 13.4. The lowest BCUT2D eigenvalue weighted by atomic mass is 10.1. The molecule has 33 heavy (non-hydrogen) atoms. The normalized spacial score (nSPS) is 14.0. The molecule has 3 heterocycles. The predicted octanol–water partition coefficient (Wildman–Crippen LogP) is 3.55. The number of pyridine rings is 2. The first-order chi connectivity index (χ1) is 16.1. The molecule has 0 N–H and O–H groups in total. The van der Waals surface area contributed by atoms with Crippen molar-refractivity contribution in [2.45, 2.75) is 6.54 Å². The average Bonchev–Trinajstić information content (AvgIpc) is 2.86. The van der Waals surface area contributed by atoms with E-state index in [0.717, 1.165) is 16.6 Å². The molecule has 7 heteroatoms. The average molecular weight is 442 g/mol. The third-order valence-corrected chi connectivity index (χ3v) is 6.02. The van der Waals surface area contributed by atoms with E-state index in [2.05, 4.69) is 9.88 Å². The Morgan fingerprint density at radius 2 is 1.64 bits per heavy atom. The molecule has 5 rings (SSSR count). The number of carbonyl (C=O) groups excluding carboxylic acids is 1. The second-order valence-electron chi connectivity index (χ2n) is 8.11. The van der Waals surface area contributed by atoms with Gasteiger partial charge in [-0.25, -0.2) is 9.37 Å². The van der Waals surface area contributed by atoms with Crippen molar-refractivity contribution < 1.29 is 9.18 Å². The number of carbonyl (C=O) groups is 1. The molecule has 0 radical (unpaired) electrons. The summed E-state index contributed by atoms with van der Waals surface area (Å²) in [5.41, 5.74) is 2.26. The predicted molar refractivity (Wildman–Crippen MR) is 126 cm³/mol. The second kappa shape index (κ2) is 8.86. The van der Waals surface area contributed by atoms with E-state index in [1.807, 2.05) is 36.4 Å². The molecule has 0 saturated carbocycles. The van der Waals surface area contributed by atoms with E-state index in [-0.39, 0.29) is 22.8 Å². The van der Waals surface area contributed by atoms with Gasteiger partial charge in [0.05, 0.1) is 6.54 Å². The van der Waals surface area contributed by atoms with Crippen molar-refractivity contribution >= 4 is 22.6 Å². The van der Waals surface area contributed by atoms with E-state index >= 15 is 0 Å². The largest absolute Gasteiger partial charge is 0.368 e. The maximum absolute atomic E-state index is 13.4. The topological polar surface area (TPSA) is 58.4 Å². The first-order valence-electron chi connectivity index (χ1n) is 10.9. The van der Waals surface area contributed by atoms with Gasteiger partial charge in [-0.1, -0.05) is 30.3 Å². The number of anilines is 1. The van der Waals surface area contributed by atoms with Gasteiger partial charge in [-0.15, -0.1) is 0 Å². The number of nitrogens with zero attached hydrogens (tertiary/aromatic N) is 4. The Morgan fingerprint density at radius 3 is 2.36 bits per heavy atom. The number of piperazine rings is 1. The van der Waals surface area contributed by atoms with Gasteiger partial charge in [-0.3, -0.25) is 14.2 Å². The summed E-state index contributed by atoms with van der Waals surface area (Å²) in [7, 11) is 0. The number of hydrogen-bond acceptors (Lipinski definition) is 4. The van der Waals surface area contributed by atoms with E-state index in [4.69, 9.17) is 0 Å². The Morgan fingerprint density at radius 1 is 0.909 bits per heavy atom. The standard InChI is InChI=1S/C26H23FN4O2/c27-21-8-10-22(11-9-21)29-13-15-30(16-14-29)25(32)23-17-20-7-4-12-28-24(20)31(26(23)33)18-19-5-2-1-3-6-19/h1-12,17H,13-16,18H2. The lowest BCUT2D eigenvalue weighted by molar-refractivity contribution is 0.0744. The van der Waals surface area contributed by atoms with Crippen LogP contribution in [0.2, 0.25) is 0 Å². The number of halogens is 1. The van der Waals surface area contributed by atoms with Gasteiger partial charge in [0.25, 0.3) is 11.5 Å². The molecule has 2 aromatic heterocycles. The minimum Gasteiger partial charge on any atom is -0.368 e. The highest BCUT2D eigenvalue weighted by Gasteiger charge is 2.25. The summed E-state index contributed by atoms with van der Waals surface area (Å²) in [5.74, 6) is -0.545. The monoisotopic (exact) mass is 442 g/mol. The molecule has 6 nitrogen and oxygen atoms in total. The van der Waals surface area contributed by atoms with Crippen molar-refractivity contribution in [1.82, 2.24) is 14.5 Å². The number of rotatable bonds is 4. The van der Waals surface area contributed by atoms with Crippen molar-refractivity contribution in [3.63, 3.8) is 0 Å². The van der Waals surface area contributed by atoms with E-state index < -0.39 is 0 Å². The molecule has 166 valence electrons. The van der Waals surface area contributed by atoms with Gasteiger partial charge >= 0.3 is 0 Å². The fourth-order valence-corrected chi connectivity index (χ4v) is 4.26. The van der Waals surface area contributed by atoms with E-state index in [1.165, 1.54) is 12.1 Å². The quantitative estimate of drug-likeness (QED) is 0.485. The number of aromatic nitrogens is 2. The molecule has 0 spiro atoms. The summed E-state index contributed by atoms with van der Waals surface area (Å²) in [5, 5.41) is 0.751. The Kier molecular flexibility index (Phi) is 5.60. The third kappa shape index (κ3) is 4.22. The highest BCUT2D eigenvalue weighted by Crippen LogP contribution is 2.19. The fraction of sp³-hybridized carbons (Fsp3) is 0.192. The highest BCUT2D eigenvalue weighted by atomic mass is 19.1. The lowest BCUT2D eigenvalue weighted by Gasteiger charge is -2.36. The highest BCUT2D eigenvalue weighted by molar-refractivity contribution is 5.97. The van der Waals surface area contributed by atoms with E-state index in [1.54, 1.807) is 39.9 Å². The molecule has 0 bridgehead atoms. The smallest absolute Gasteiger partial charge is 0.265 e. The molecule has 1 aliphatic rings. The van der Waals surface area contributed by atoms with Crippen LogP contribution in [0, 0.1) is 5.82 Å². The maximum Gasteiger partial charge on any atom is 0.265 e. The van der Waals surface area contributed by atoms with Crippen LogP contribution in [0.3, 0.4) is 0 Å². The number of hydrogen-bond donors (Lipinski definition) is 0. The van der Waals surface area contributed by atoms with E-state index in [9.17, 15) is 14.0 Å². The summed E-state index contributed by atoms with van der Waals surface area (Å²) < 4.78 is 14.8. The molecule has 1 fully saturated rings. The fourth-order valence-electron chi connectivity index (χ4n) is 4.26. The lowest BCUT2D eigenvalue weighted by Crippen LogP contribution is -2.50. The van der Waals surface area contributed by atoms with Crippen molar-refractivity contribution in [3.05, 3.63) is 106 Å². The van der Waals surface area contributed by atoms with Gasteiger partial charge in [0, 0.05) is 43.4 Å². The molecular weight excluding hydrogens is 419 g/mol. The Balaban J connectivity index is 1.42. The van der Waals surface area contributed by atoms with Gasteiger partial charge in [0.15, 0.2) is 0 Å². The van der Waals surface area contributed by atoms with Crippen molar-refractivity contribution in [3.8, 4) is 0 Å². The number of fused-ring (bicyclic) bond motifs is 1. The zero-order chi connectivity index (χ0) is 22.8. The van der Waals surface area contributed by atoms with Gasteiger partial charge in [-0.05, 0) is 48.0 Å². The summed E-state index contributed by atoms with van der Waals surface area (Å²) in [4.78, 5) is 35.0. The Bertz CT molecular complexity index is 1340. The van der Waals surface area contributed by atoms with Crippen LogP contribution in [0.15, 0.2) is 83.8 Å². The van der Waals surface area contributed by atoms with Crippen molar-refractivity contribution in [1.29, 1.82) is 0 Å². The van der Waals surface area contributed by atoms with Gasteiger partial charge in [0.2, 0.25) is 0 Å². The van der Waals surface area contributed by atoms with Crippen LogP contribution in [0.5, 0.6) is 0 Å². The molecular formula is C26H23FN4O2. The molecule has 0 aliphatic carbocycles. The van der Waals surface area contributed by atoms with Crippen LogP contribution in [0.4, 0.5) is 10.1 Å². The van der Waals surface area contributed by atoms with Crippen molar-refractivity contribution in [2.24, 2.45) is 0 Å². The zero-order valence-corrected chi connectivity index (χ0v) is 18.0. The van der Waals surface area contributed by atoms with Gasteiger partial charge < -0.3 is 9.80 Å². The number of benzene rings is 2. The molecule has 1 saturated heterocycles. The zero-order valence-electron chi connectivity index (χ0n) is 18.0. The SMILES string of the molecule is O=C(c1cc2cccnc2n(Cc2ccccc2)c1=O)N1CCN(c2ccc(F)cc2)CC1. The van der Waals surface area contributed by atoms with E-state index in [0.29, 0.717) is 38.4 Å². The third-order valence-electron chi connectivity index (χ3n) is 6.02. The van der Waals surface area contributed by atoms with Crippen LogP contribution in [0.1, 0.15) is 15.9 Å². The minimum atomic E-state index is -0.337. The summed E-state index contributed by atoms with van der Waals surface area (Å²) in [6, 6.07) is 21.3. The van der Waals surface area contributed by atoms with Crippen LogP contribution in [-0.4, -0.2) is 46.5 Å². The molecule has 2 aromatic carbocycles. The van der Waals surface area contributed by atoms with Crippen molar-refractivity contribution in [2.75, 3.05) is 31.1 Å². The number of amides is 1. The molecule has 0 unspecified atom stereocenters. The Labute approximate surface area is 190 Å².